The SMILES string of the molecule is Cc1ncc2c(C(C)C)[nH]nc2c1C. The lowest BCUT2D eigenvalue weighted by molar-refractivity contribution is 0.817. The fourth-order valence-corrected chi connectivity index (χ4v) is 1.65. The summed E-state index contributed by atoms with van der Waals surface area (Å²) in [6, 6.07) is 0. The van der Waals surface area contributed by atoms with Crippen LogP contribution in [0.5, 0.6) is 0 Å². The molecule has 74 valence electrons. The Morgan fingerprint density at radius 2 is 2.00 bits per heavy atom. The van der Waals surface area contributed by atoms with Crippen molar-refractivity contribution in [2.75, 3.05) is 0 Å². The van der Waals surface area contributed by atoms with E-state index in [1.54, 1.807) is 0 Å². The average Bonchev–Trinajstić information content (AvgIpc) is 2.55. The van der Waals surface area contributed by atoms with Gasteiger partial charge >= 0.3 is 0 Å². The van der Waals surface area contributed by atoms with Crippen molar-refractivity contribution in [1.82, 2.24) is 15.2 Å². The molecule has 0 aliphatic carbocycles. The second-order valence-electron chi connectivity index (χ2n) is 4.02. The minimum absolute atomic E-state index is 0.462. The van der Waals surface area contributed by atoms with Gasteiger partial charge in [-0.05, 0) is 25.3 Å². The highest BCUT2D eigenvalue weighted by Gasteiger charge is 2.11. The zero-order chi connectivity index (χ0) is 10.3. The number of aromatic nitrogens is 3. The van der Waals surface area contributed by atoms with Gasteiger partial charge in [-0.25, -0.2) is 0 Å². The van der Waals surface area contributed by atoms with Gasteiger partial charge in [-0.1, -0.05) is 13.8 Å². The number of aromatic amines is 1. The van der Waals surface area contributed by atoms with Crippen molar-refractivity contribution in [3.05, 3.63) is 23.1 Å². The molecule has 2 aromatic rings. The van der Waals surface area contributed by atoms with Crippen molar-refractivity contribution in [1.29, 1.82) is 0 Å². The van der Waals surface area contributed by atoms with Crippen LogP contribution >= 0.6 is 0 Å². The number of hydrogen-bond donors (Lipinski definition) is 1. The first-order valence-corrected chi connectivity index (χ1v) is 4.91. The van der Waals surface area contributed by atoms with E-state index in [0.717, 1.165) is 16.6 Å². The van der Waals surface area contributed by atoms with Gasteiger partial charge in [0, 0.05) is 23.0 Å². The summed E-state index contributed by atoms with van der Waals surface area (Å²) in [6.07, 6.45) is 1.91. The van der Waals surface area contributed by atoms with Crippen molar-refractivity contribution in [3.8, 4) is 0 Å². The first-order valence-electron chi connectivity index (χ1n) is 4.91. The maximum absolute atomic E-state index is 4.36. The molecule has 14 heavy (non-hydrogen) atoms. The summed E-state index contributed by atoms with van der Waals surface area (Å²) in [7, 11) is 0. The monoisotopic (exact) mass is 189 g/mol. The van der Waals surface area contributed by atoms with Gasteiger partial charge in [0.05, 0.1) is 5.52 Å². The van der Waals surface area contributed by atoms with E-state index in [0.29, 0.717) is 5.92 Å². The third-order valence-corrected chi connectivity index (χ3v) is 2.70. The van der Waals surface area contributed by atoms with Crippen LogP contribution in [-0.2, 0) is 0 Å². The van der Waals surface area contributed by atoms with Crippen LogP contribution < -0.4 is 0 Å². The summed E-state index contributed by atoms with van der Waals surface area (Å²) in [4.78, 5) is 4.36. The van der Waals surface area contributed by atoms with Crippen LogP contribution in [0.4, 0.5) is 0 Å². The quantitative estimate of drug-likeness (QED) is 0.749. The largest absolute Gasteiger partial charge is 0.281 e. The number of nitrogens with one attached hydrogen (secondary N) is 1. The topological polar surface area (TPSA) is 41.6 Å². The number of nitrogens with zero attached hydrogens (tertiary/aromatic N) is 2. The van der Waals surface area contributed by atoms with Gasteiger partial charge < -0.3 is 0 Å². The third-order valence-electron chi connectivity index (χ3n) is 2.70. The van der Waals surface area contributed by atoms with Gasteiger partial charge in [-0.3, -0.25) is 10.1 Å². The Bertz CT molecular complexity index is 469. The van der Waals surface area contributed by atoms with E-state index in [1.165, 1.54) is 11.3 Å². The Labute approximate surface area is 83.6 Å². The molecule has 0 aromatic carbocycles. The minimum Gasteiger partial charge on any atom is -0.281 e. The number of H-pyrrole nitrogens is 1. The minimum atomic E-state index is 0.462. The van der Waals surface area contributed by atoms with Gasteiger partial charge in [0.1, 0.15) is 0 Å². The molecular weight excluding hydrogens is 174 g/mol. The number of rotatable bonds is 1. The second-order valence-corrected chi connectivity index (χ2v) is 4.02. The summed E-state index contributed by atoms with van der Waals surface area (Å²) in [5, 5.41) is 8.58. The molecule has 0 fully saturated rings. The van der Waals surface area contributed by atoms with Crippen LogP contribution in [0.25, 0.3) is 10.9 Å². The van der Waals surface area contributed by atoms with Crippen molar-refractivity contribution in [2.45, 2.75) is 33.6 Å². The average molecular weight is 189 g/mol. The zero-order valence-electron chi connectivity index (χ0n) is 9.05. The molecule has 0 spiro atoms. The van der Waals surface area contributed by atoms with Crippen LogP contribution in [0.2, 0.25) is 0 Å². The van der Waals surface area contributed by atoms with Gasteiger partial charge in [0.25, 0.3) is 0 Å². The Morgan fingerprint density at radius 3 is 2.64 bits per heavy atom. The molecule has 0 unspecified atom stereocenters. The molecular formula is C11H15N3. The van der Waals surface area contributed by atoms with Gasteiger partial charge in [-0.15, -0.1) is 0 Å². The first kappa shape index (κ1) is 9.19. The molecule has 0 bridgehead atoms. The maximum atomic E-state index is 4.36. The molecule has 0 amide bonds. The van der Waals surface area contributed by atoms with Crippen LogP contribution in [0, 0.1) is 13.8 Å². The Hall–Kier alpha value is -1.38. The van der Waals surface area contributed by atoms with E-state index in [1.807, 2.05) is 13.1 Å². The molecule has 0 saturated heterocycles. The lowest BCUT2D eigenvalue weighted by atomic mass is 10.1. The molecule has 0 aliphatic heterocycles. The highest BCUT2D eigenvalue weighted by Crippen LogP contribution is 2.24. The highest BCUT2D eigenvalue weighted by atomic mass is 15.1. The molecule has 3 nitrogen and oxygen atoms in total. The summed E-state index contributed by atoms with van der Waals surface area (Å²) in [5.74, 6) is 0.462. The molecule has 2 rings (SSSR count). The summed E-state index contributed by atoms with van der Waals surface area (Å²) in [5.41, 5.74) is 4.46. The first-order chi connectivity index (χ1) is 6.61. The Kier molecular flexibility index (Phi) is 2.02. The molecule has 0 aliphatic rings. The molecule has 2 aromatic heterocycles. The fraction of sp³-hybridized carbons (Fsp3) is 0.455. The van der Waals surface area contributed by atoms with Crippen molar-refractivity contribution in [3.63, 3.8) is 0 Å². The lowest BCUT2D eigenvalue weighted by Gasteiger charge is -2.02. The summed E-state index contributed by atoms with van der Waals surface area (Å²) < 4.78 is 0. The normalized spacial score (nSPS) is 11.5. The fourth-order valence-electron chi connectivity index (χ4n) is 1.65. The smallest absolute Gasteiger partial charge is 0.0986 e. The van der Waals surface area contributed by atoms with Gasteiger partial charge in [-0.2, -0.15) is 5.10 Å². The van der Waals surface area contributed by atoms with E-state index in [-0.39, 0.29) is 0 Å². The lowest BCUT2D eigenvalue weighted by Crippen LogP contribution is -1.90. The third kappa shape index (κ3) is 1.20. The zero-order valence-corrected chi connectivity index (χ0v) is 9.05. The van der Waals surface area contributed by atoms with E-state index < -0.39 is 0 Å². The number of fused-ring (bicyclic) bond motifs is 1. The number of hydrogen-bond acceptors (Lipinski definition) is 2. The predicted molar refractivity (Wildman–Crippen MR) is 57.5 cm³/mol. The van der Waals surface area contributed by atoms with Crippen LogP contribution in [0.15, 0.2) is 6.20 Å². The van der Waals surface area contributed by atoms with Gasteiger partial charge in [0.2, 0.25) is 0 Å². The Balaban J connectivity index is 2.77. The molecule has 0 atom stereocenters. The van der Waals surface area contributed by atoms with E-state index in [4.69, 9.17) is 0 Å². The van der Waals surface area contributed by atoms with Crippen molar-refractivity contribution >= 4 is 10.9 Å². The van der Waals surface area contributed by atoms with E-state index in [2.05, 4.69) is 36.0 Å². The van der Waals surface area contributed by atoms with Crippen molar-refractivity contribution < 1.29 is 0 Å². The van der Waals surface area contributed by atoms with E-state index in [9.17, 15) is 0 Å². The molecule has 0 saturated carbocycles. The Morgan fingerprint density at radius 1 is 1.29 bits per heavy atom. The van der Waals surface area contributed by atoms with Crippen LogP contribution in [-0.4, -0.2) is 15.2 Å². The molecule has 3 heteroatoms. The summed E-state index contributed by atoms with van der Waals surface area (Å²) >= 11 is 0. The van der Waals surface area contributed by atoms with Crippen LogP contribution in [0.1, 0.15) is 36.7 Å². The standard InChI is InChI=1S/C11H15N3/c1-6(2)10-9-5-12-8(4)7(3)11(9)14-13-10/h5-6H,1-4H3,(H,13,14). The summed E-state index contributed by atoms with van der Waals surface area (Å²) in [6.45, 7) is 8.39. The number of pyridine rings is 1. The van der Waals surface area contributed by atoms with Crippen LogP contribution in [0.3, 0.4) is 0 Å². The predicted octanol–water partition coefficient (Wildman–Crippen LogP) is 2.70. The molecule has 0 radical (unpaired) electrons. The highest BCUT2D eigenvalue weighted by molar-refractivity contribution is 5.84. The van der Waals surface area contributed by atoms with Crippen molar-refractivity contribution in [2.24, 2.45) is 0 Å². The number of aryl methyl sites for hydroxylation is 2. The molecule has 1 N–H and O–H groups in total. The molecule has 2 heterocycles. The van der Waals surface area contributed by atoms with E-state index >= 15 is 0 Å². The second kappa shape index (κ2) is 3.08. The maximum Gasteiger partial charge on any atom is 0.0986 e. The van der Waals surface area contributed by atoms with Gasteiger partial charge in [0.15, 0.2) is 0 Å².